The third-order valence-corrected chi connectivity index (χ3v) is 5.28. The number of nitrogens with zero attached hydrogens (tertiary/aromatic N) is 1. The van der Waals surface area contributed by atoms with Crippen LogP contribution >= 0.6 is 15.9 Å². The molecule has 1 saturated carbocycles. The molecule has 110 valence electrons. The van der Waals surface area contributed by atoms with Crippen LogP contribution in [0, 0.1) is 0 Å². The van der Waals surface area contributed by atoms with Gasteiger partial charge < -0.3 is 4.52 Å². The highest BCUT2D eigenvalue weighted by atomic mass is 79.9. The van der Waals surface area contributed by atoms with E-state index < -0.39 is 15.6 Å². The van der Waals surface area contributed by atoms with Crippen LogP contribution in [0.1, 0.15) is 40.6 Å². The highest BCUT2D eigenvalue weighted by molar-refractivity contribution is 9.10. The number of carbonyl (C=O) groups excluding carboxylic acids is 1. The molecule has 2 aromatic rings. The van der Waals surface area contributed by atoms with E-state index in [4.69, 9.17) is 4.52 Å². The van der Waals surface area contributed by atoms with Crippen molar-refractivity contribution in [2.45, 2.75) is 23.7 Å². The van der Waals surface area contributed by atoms with Gasteiger partial charge in [0.25, 0.3) is 0 Å². The highest BCUT2D eigenvalue weighted by Crippen LogP contribution is 2.44. The van der Waals surface area contributed by atoms with Crippen molar-refractivity contribution in [3.8, 4) is 0 Å². The maximum atomic E-state index is 12.6. The van der Waals surface area contributed by atoms with Crippen LogP contribution in [-0.4, -0.2) is 25.6 Å². The molecule has 0 atom stereocenters. The van der Waals surface area contributed by atoms with Crippen LogP contribution in [0.3, 0.4) is 0 Å². The number of aromatic nitrogens is 1. The van der Waals surface area contributed by atoms with Crippen molar-refractivity contribution < 1.29 is 17.7 Å². The first-order valence-corrected chi connectivity index (χ1v) is 9.07. The van der Waals surface area contributed by atoms with Crippen molar-refractivity contribution in [1.82, 2.24) is 5.16 Å². The van der Waals surface area contributed by atoms with E-state index in [1.54, 1.807) is 12.1 Å². The molecule has 0 aliphatic heterocycles. The molecule has 0 radical (unpaired) electrons. The number of rotatable bonds is 4. The Kier molecular flexibility index (Phi) is 3.49. The number of carbonyl (C=O) groups is 1. The van der Waals surface area contributed by atoms with E-state index >= 15 is 0 Å². The Bertz CT molecular complexity index is 821. The number of benzene rings is 1. The van der Waals surface area contributed by atoms with Crippen LogP contribution in [-0.2, 0) is 9.84 Å². The van der Waals surface area contributed by atoms with E-state index in [2.05, 4.69) is 21.1 Å². The average molecular weight is 370 g/mol. The third kappa shape index (κ3) is 2.67. The number of hydrogen-bond donors (Lipinski definition) is 0. The van der Waals surface area contributed by atoms with Gasteiger partial charge in [0.15, 0.2) is 21.3 Å². The summed E-state index contributed by atoms with van der Waals surface area (Å²) < 4.78 is 29.3. The van der Waals surface area contributed by atoms with Crippen molar-refractivity contribution in [1.29, 1.82) is 0 Å². The molecule has 21 heavy (non-hydrogen) atoms. The molecule has 5 nitrogen and oxygen atoms in total. The Balaban J connectivity index is 2.07. The fourth-order valence-electron chi connectivity index (χ4n) is 2.14. The summed E-state index contributed by atoms with van der Waals surface area (Å²) in [6.45, 7) is 0. The Morgan fingerprint density at radius 1 is 1.33 bits per heavy atom. The summed E-state index contributed by atoms with van der Waals surface area (Å²) in [7, 11) is -3.49. The summed E-state index contributed by atoms with van der Waals surface area (Å²) in [5, 5.41) is 3.81. The topological polar surface area (TPSA) is 77.2 Å². The minimum absolute atomic E-state index is 0.00197. The van der Waals surface area contributed by atoms with Gasteiger partial charge in [-0.2, -0.15) is 0 Å². The summed E-state index contributed by atoms with van der Waals surface area (Å²) in [5.41, 5.74) is 0.226. The van der Waals surface area contributed by atoms with Crippen LogP contribution in [0.15, 0.2) is 38.2 Å². The Morgan fingerprint density at radius 2 is 2.00 bits per heavy atom. The molecule has 1 aromatic carbocycles. The molecule has 1 aromatic heterocycles. The van der Waals surface area contributed by atoms with E-state index in [-0.39, 0.29) is 16.2 Å². The fraction of sp³-hybridized carbons (Fsp3) is 0.286. The van der Waals surface area contributed by atoms with Crippen LogP contribution in [0.4, 0.5) is 0 Å². The maximum Gasteiger partial charge on any atom is 0.217 e. The summed E-state index contributed by atoms with van der Waals surface area (Å²) >= 11 is 3.34. The molecule has 1 heterocycles. The Morgan fingerprint density at radius 3 is 2.62 bits per heavy atom. The minimum Gasteiger partial charge on any atom is -0.359 e. The second-order valence-corrected chi connectivity index (χ2v) is 7.86. The zero-order chi connectivity index (χ0) is 15.2. The summed E-state index contributed by atoms with van der Waals surface area (Å²) in [5.74, 6) is 0.507. The fourth-order valence-corrected chi connectivity index (χ4v) is 3.67. The second-order valence-electron chi connectivity index (χ2n) is 5.08. The largest absolute Gasteiger partial charge is 0.359 e. The number of halogens is 1. The second kappa shape index (κ2) is 5.06. The summed E-state index contributed by atoms with van der Waals surface area (Å²) in [6, 6.07) is 6.10. The minimum atomic E-state index is -3.49. The molecule has 0 unspecified atom stereocenters. The molecule has 1 aliphatic carbocycles. The molecular weight excluding hydrogens is 358 g/mol. The van der Waals surface area contributed by atoms with Crippen molar-refractivity contribution >= 4 is 31.6 Å². The van der Waals surface area contributed by atoms with E-state index in [1.165, 1.54) is 12.1 Å². The van der Waals surface area contributed by atoms with Gasteiger partial charge >= 0.3 is 0 Å². The van der Waals surface area contributed by atoms with Gasteiger partial charge in [0.05, 0.1) is 9.37 Å². The number of sulfone groups is 1. The van der Waals surface area contributed by atoms with Crippen molar-refractivity contribution in [2.75, 3.05) is 6.26 Å². The van der Waals surface area contributed by atoms with E-state index in [0.29, 0.717) is 16.2 Å². The van der Waals surface area contributed by atoms with Crippen molar-refractivity contribution in [3.63, 3.8) is 0 Å². The van der Waals surface area contributed by atoms with E-state index in [1.807, 2.05) is 0 Å². The zero-order valence-corrected chi connectivity index (χ0v) is 13.6. The van der Waals surface area contributed by atoms with Crippen LogP contribution < -0.4 is 0 Å². The molecule has 3 rings (SSSR count). The van der Waals surface area contributed by atoms with Crippen LogP contribution in [0.2, 0.25) is 0 Å². The summed E-state index contributed by atoms with van der Waals surface area (Å²) in [4.78, 5) is 12.6. The molecule has 0 saturated heterocycles. The lowest BCUT2D eigenvalue weighted by Gasteiger charge is -2.05. The Labute approximate surface area is 130 Å². The Hall–Kier alpha value is -1.47. The number of hydrogen-bond acceptors (Lipinski definition) is 5. The normalized spacial score (nSPS) is 15.1. The standard InChI is InChI=1S/C14H12BrNO4S/c1-21(18,19)10-5-3-2-4-9(10)13(17)12-11(15)14(20-16-12)8-6-7-8/h2-5,8H,6-7H2,1H3. The average Bonchev–Trinajstić information content (AvgIpc) is 3.20. The van der Waals surface area contributed by atoms with Gasteiger partial charge in [-0.3, -0.25) is 4.79 Å². The maximum absolute atomic E-state index is 12.6. The predicted molar refractivity (Wildman–Crippen MR) is 79.2 cm³/mol. The molecule has 0 N–H and O–H groups in total. The molecule has 1 aliphatic rings. The smallest absolute Gasteiger partial charge is 0.217 e. The SMILES string of the molecule is CS(=O)(=O)c1ccccc1C(=O)c1noc(C2CC2)c1Br. The molecule has 7 heteroatoms. The van der Waals surface area contributed by atoms with Gasteiger partial charge in [0.2, 0.25) is 5.78 Å². The van der Waals surface area contributed by atoms with Gasteiger partial charge in [-0.05, 0) is 40.9 Å². The van der Waals surface area contributed by atoms with Crippen molar-refractivity contribution in [2.24, 2.45) is 0 Å². The van der Waals surface area contributed by atoms with Gasteiger partial charge in [-0.25, -0.2) is 8.42 Å². The van der Waals surface area contributed by atoms with Gasteiger partial charge in [0.1, 0.15) is 0 Å². The van der Waals surface area contributed by atoms with E-state index in [0.717, 1.165) is 19.1 Å². The van der Waals surface area contributed by atoms with Gasteiger partial charge in [0, 0.05) is 17.7 Å². The predicted octanol–water partition coefficient (Wildman–Crippen LogP) is 2.95. The quantitative estimate of drug-likeness (QED) is 0.774. The molecule has 0 bridgehead atoms. The molecule has 1 fully saturated rings. The monoisotopic (exact) mass is 369 g/mol. The molecule has 0 spiro atoms. The first-order chi connectivity index (χ1) is 9.89. The number of ketones is 1. The highest BCUT2D eigenvalue weighted by Gasteiger charge is 2.34. The first kappa shape index (κ1) is 14.5. The third-order valence-electron chi connectivity index (χ3n) is 3.35. The lowest BCUT2D eigenvalue weighted by molar-refractivity contribution is 0.102. The van der Waals surface area contributed by atoms with Crippen molar-refractivity contribution in [3.05, 3.63) is 45.8 Å². The summed E-state index contributed by atoms with van der Waals surface area (Å²) in [6.07, 6.45) is 3.11. The zero-order valence-electron chi connectivity index (χ0n) is 11.2. The molecular formula is C14H12BrNO4S. The van der Waals surface area contributed by atoms with Crippen LogP contribution in [0.25, 0.3) is 0 Å². The van der Waals surface area contributed by atoms with Crippen LogP contribution in [0.5, 0.6) is 0 Å². The molecule has 0 amide bonds. The van der Waals surface area contributed by atoms with Gasteiger partial charge in [-0.15, -0.1) is 0 Å². The lowest BCUT2D eigenvalue weighted by Crippen LogP contribution is -2.10. The lowest BCUT2D eigenvalue weighted by atomic mass is 10.1. The van der Waals surface area contributed by atoms with E-state index in [9.17, 15) is 13.2 Å². The first-order valence-electron chi connectivity index (χ1n) is 6.38. The van der Waals surface area contributed by atoms with Gasteiger partial charge in [-0.1, -0.05) is 17.3 Å².